The molecule has 0 fully saturated rings. The van der Waals surface area contributed by atoms with Gasteiger partial charge in [0.15, 0.2) is 0 Å². The largest absolute Gasteiger partial charge is 0.493 e. The van der Waals surface area contributed by atoms with Crippen LogP contribution in [-0.2, 0) is 12.8 Å². The van der Waals surface area contributed by atoms with Crippen LogP contribution >= 0.6 is 0 Å². The fourth-order valence-electron chi connectivity index (χ4n) is 2.18. The molecule has 88 valence electrons. The van der Waals surface area contributed by atoms with Crippen LogP contribution < -0.4 is 4.74 Å². The van der Waals surface area contributed by atoms with Crippen molar-refractivity contribution in [2.45, 2.75) is 45.1 Å². The van der Waals surface area contributed by atoms with Crippen molar-refractivity contribution < 1.29 is 9.84 Å². The summed E-state index contributed by atoms with van der Waals surface area (Å²) in [5, 5.41) is 9.58. The zero-order chi connectivity index (χ0) is 11.4. The molecule has 0 saturated carbocycles. The summed E-state index contributed by atoms with van der Waals surface area (Å²) in [5.41, 5.74) is 2.58. The van der Waals surface area contributed by atoms with E-state index in [0.717, 1.165) is 44.5 Å². The van der Waals surface area contributed by atoms with Crippen LogP contribution in [0.2, 0.25) is 0 Å². The van der Waals surface area contributed by atoms with Gasteiger partial charge in [-0.3, -0.25) is 0 Å². The second kappa shape index (κ2) is 5.35. The van der Waals surface area contributed by atoms with Gasteiger partial charge < -0.3 is 9.84 Å². The van der Waals surface area contributed by atoms with Crippen LogP contribution in [0.5, 0.6) is 5.75 Å². The minimum absolute atomic E-state index is 0.181. The van der Waals surface area contributed by atoms with E-state index in [1.807, 2.05) is 6.92 Å². The van der Waals surface area contributed by atoms with Gasteiger partial charge in [-0.1, -0.05) is 25.1 Å². The summed E-state index contributed by atoms with van der Waals surface area (Å²) in [7, 11) is 0. The minimum Gasteiger partial charge on any atom is -0.493 e. The van der Waals surface area contributed by atoms with E-state index in [1.54, 1.807) is 0 Å². The van der Waals surface area contributed by atoms with Gasteiger partial charge in [-0.15, -0.1) is 0 Å². The highest BCUT2D eigenvalue weighted by molar-refractivity contribution is 5.42. The van der Waals surface area contributed by atoms with Gasteiger partial charge in [-0.2, -0.15) is 0 Å². The Morgan fingerprint density at radius 3 is 3.12 bits per heavy atom. The molecule has 1 N–H and O–H groups in total. The van der Waals surface area contributed by atoms with Gasteiger partial charge in [0.1, 0.15) is 5.75 Å². The summed E-state index contributed by atoms with van der Waals surface area (Å²) in [5.74, 6) is 1.08. The fraction of sp³-hybridized carbons (Fsp3) is 0.571. The molecule has 2 heteroatoms. The molecule has 0 amide bonds. The van der Waals surface area contributed by atoms with Crippen molar-refractivity contribution in [1.82, 2.24) is 0 Å². The lowest BCUT2D eigenvalue weighted by molar-refractivity contribution is 0.160. The van der Waals surface area contributed by atoms with Crippen LogP contribution in [0.25, 0.3) is 0 Å². The molecule has 0 spiro atoms. The zero-order valence-corrected chi connectivity index (χ0v) is 9.91. The SMILES string of the molecule is CCC(O)CCc1cccc2c1OCCC2. The van der Waals surface area contributed by atoms with Crippen molar-refractivity contribution in [3.8, 4) is 5.75 Å². The number of aryl methyl sites for hydroxylation is 2. The van der Waals surface area contributed by atoms with E-state index >= 15 is 0 Å². The van der Waals surface area contributed by atoms with Crippen LogP contribution in [0.15, 0.2) is 18.2 Å². The molecule has 1 heterocycles. The topological polar surface area (TPSA) is 29.5 Å². The molecule has 0 radical (unpaired) electrons. The van der Waals surface area contributed by atoms with E-state index < -0.39 is 0 Å². The number of aliphatic hydroxyl groups is 1. The van der Waals surface area contributed by atoms with Crippen LogP contribution in [-0.4, -0.2) is 17.8 Å². The van der Waals surface area contributed by atoms with Crippen molar-refractivity contribution in [3.63, 3.8) is 0 Å². The molecular formula is C14H20O2. The van der Waals surface area contributed by atoms with Crippen molar-refractivity contribution in [3.05, 3.63) is 29.3 Å². The van der Waals surface area contributed by atoms with E-state index in [-0.39, 0.29) is 6.10 Å². The third-order valence-electron chi connectivity index (χ3n) is 3.23. The van der Waals surface area contributed by atoms with Crippen LogP contribution in [0, 0.1) is 0 Å². The molecule has 1 unspecified atom stereocenters. The Bertz CT molecular complexity index is 347. The number of ether oxygens (including phenoxy) is 1. The Labute approximate surface area is 97.3 Å². The molecule has 1 aromatic carbocycles. The first kappa shape index (κ1) is 11.5. The highest BCUT2D eigenvalue weighted by Crippen LogP contribution is 2.29. The van der Waals surface area contributed by atoms with Crippen molar-refractivity contribution in [1.29, 1.82) is 0 Å². The van der Waals surface area contributed by atoms with E-state index in [4.69, 9.17) is 4.74 Å². The predicted molar refractivity (Wildman–Crippen MR) is 64.9 cm³/mol. The third kappa shape index (κ3) is 2.56. The Morgan fingerprint density at radius 2 is 2.31 bits per heavy atom. The van der Waals surface area contributed by atoms with E-state index in [0.29, 0.717) is 0 Å². The van der Waals surface area contributed by atoms with Crippen LogP contribution in [0.3, 0.4) is 0 Å². The Balaban J connectivity index is 2.08. The van der Waals surface area contributed by atoms with Gasteiger partial charge in [-0.25, -0.2) is 0 Å². The first-order valence-corrected chi connectivity index (χ1v) is 6.23. The quantitative estimate of drug-likeness (QED) is 0.845. The van der Waals surface area contributed by atoms with E-state index in [9.17, 15) is 5.11 Å². The highest BCUT2D eigenvalue weighted by Gasteiger charge is 2.14. The zero-order valence-electron chi connectivity index (χ0n) is 9.91. The standard InChI is InChI=1S/C14H20O2/c1-2-13(15)9-8-12-6-3-5-11-7-4-10-16-14(11)12/h3,5-6,13,15H,2,4,7-10H2,1H3. The first-order valence-electron chi connectivity index (χ1n) is 6.23. The van der Waals surface area contributed by atoms with Gasteiger partial charge in [-0.05, 0) is 43.2 Å². The molecule has 2 nitrogen and oxygen atoms in total. The summed E-state index contributed by atoms with van der Waals surface area (Å²) in [6.45, 7) is 2.85. The molecule has 0 saturated heterocycles. The molecule has 0 aromatic heterocycles. The third-order valence-corrected chi connectivity index (χ3v) is 3.23. The maximum absolute atomic E-state index is 9.58. The number of aliphatic hydroxyl groups excluding tert-OH is 1. The Kier molecular flexibility index (Phi) is 3.83. The molecule has 1 aromatic rings. The monoisotopic (exact) mass is 220 g/mol. The number of rotatable bonds is 4. The van der Waals surface area contributed by atoms with Gasteiger partial charge >= 0.3 is 0 Å². The normalized spacial score (nSPS) is 16.4. The fourth-order valence-corrected chi connectivity index (χ4v) is 2.18. The molecule has 16 heavy (non-hydrogen) atoms. The Morgan fingerprint density at radius 1 is 1.44 bits per heavy atom. The number of hydrogen-bond acceptors (Lipinski definition) is 2. The first-order chi connectivity index (χ1) is 7.81. The van der Waals surface area contributed by atoms with E-state index in [2.05, 4.69) is 18.2 Å². The van der Waals surface area contributed by atoms with Gasteiger partial charge in [0.25, 0.3) is 0 Å². The minimum atomic E-state index is -0.181. The Hall–Kier alpha value is -1.02. The second-order valence-electron chi connectivity index (χ2n) is 4.46. The lowest BCUT2D eigenvalue weighted by Crippen LogP contribution is -2.12. The molecule has 1 aliphatic rings. The highest BCUT2D eigenvalue weighted by atomic mass is 16.5. The van der Waals surface area contributed by atoms with Crippen LogP contribution in [0.4, 0.5) is 0 Å². The lowest BCUT2D eigenvalue weighted by Gasteiger charge is -2.20. The molecule has 1 atom stereocenters. The molecule has 0 bridgehead atoms. The predicted octanol–water partition coefficient (Wildman–Crippen LogP) is 2.72. The summed E-state index contributed by atoms with van der Waals surface area (Å²) in [6, 6.07) is 6.36. The van der Waals surface area contributed by atoms with Crippen LogP contribution in [0.1, 0.15) is 37.3 Å². The van der Waals surface area contributed by atoms with Gasteiger partial charge in [0.05, 0.1) is 12.7 Å². The smallest absolute Gasteiger partial charge is 0.125 e. The van der Waals surface area contributed by atoms with Crippen molar-refractivity contribution >= 4 is 0 Å². The van der Waals surface area contributed by atoms with Crippen molar-refractivity contribution in [2.75, 3.05) is 6.61 Å². The van der Waals surface area contributed by atoms with Crippen molar-refractivity contribution in [2.24, 2.45) is 0 Å². The summed E-state index contributed by atoms with van der Waals surface area (Å²) < 4.78 is 5.74. The maximum atomic E-state index is 9.58. The number of benzene rings is 1. The molecule has 0 aliphatic carbocycles. The summed E-state index contributed by atoms with van der Waals surface area (Å²) in [6.07, 6.45) is 4.64. The number of hydrogen-bond donors (Lipinski definition) is 1. The number of fused-ring (bicyclic) bond motifs is 1. The van der Waals surface area contributed by atoms with Gasteiger partial charge in [0.2, 0.25) is 0 Å². The van der Waals surface area contributed by atoms with Gasteiger partial charge in [0, 0.05) is 0 Å². The number of para-hydroxylation sites is 1. The summed E-state index contributed by atoms with van der Waals surface area (Å²) in [4.78, 5) is 0. The average Bonchev–Trinajstić information content (AvgIpc) is 2.35. The average molecular weight is 220 g/mol. The second-order valence-corrected chi connectivity index (χ2v) is 4.46. The lowest BCUT2D eigenvalue weighted by atomic mass is 9.98. The van der Waals surface area contributed by atoms with E-state index in [1.165, 1.54) is 11.1 Å². The molecular weight excluding hydrogens is 200 g/mol. The maximum Gasteiger partial charge on any atom is 0.125 e. The molecule has 2 rings (SSSR count). The molecule has 1 aliphatic heterocycles. The summed E-state index contributed by atoms with van der Waals surface area (Å²) >= 11 is 0.